The monoisotopic (exact) mass is 420 g/mol. The maximum Gasteiger partial charge on any atom is 0.310 e. The van der Waals surface area contributed by atoms with Crippen molar-refractivity contribution in [1.29, 1.82) is 0 Å². The van der Waals surface area contributed by atoms with Crippen LogP contribution >= 0.6 is 0 Å². The van der Waals surface area contributed by atoms with E-state index < -0.39 is 0 Å². The predicted molar refractivity (Wildman–Crippen MR) is 130 cm³/mol. The van der Waals surface area contributed by atoms with E-state index in [0.29, 0.717) is 12.2 Å². The summed E-state index contributed by atoms with van der Waals surface area (Å²) in [5.74, 6) is 2.11. The second-order valence-electron chi connectivity index (χ2n) is 9.25. The van der Waals surface area contributed by atoms with Crippen LogP contribution in [0.25, 0.3) is 11.1 Å². The number of hydrogen-bond donors (Lipinski definition) is 0. The molecular weight excluding hydrogens is 380 g/mol. The molecule has 0 N–H and O–H groups in total. The largest absolute Gasteiger partial charge is 0.427 e. The molecule has 0 aliphatic heterocycles. The van der Waals surface area contributed by atoms with Crippen LogP contribution in [0.1, 0.15) is 102 Å². The number of carbonyl (C=O) groups excluding carboxylic acids is 1. The molecule has 3 rings (SSSR count). The molecule has 31 heavy (non-hydrogen) atoms. The van der Waals surface area contributed by atoms with Crippen molar-refractivity contribution >= 4 is 5.97 Å². The van der Waals surface area contributed by atoms with Crippen LogP contribution in [-0.2, 0) is 4.79 Å². The second-order valence-corrected chi connectivity index (χ2v) is 9.25. The standard InChI is InChI=1S/C29H40O2/c1-3-5-6-7-8-9-10-23-11-13-24(14-12-23)25-15-17-26(18-16-25)27-19-21-28(22-20-27)31-29(30)4-2/h15-24H,3-14H2,1-2H3. The van der Waals surface area contributed by atoms with E-state index in [-0.39, 0.29) is 5.97 Å². The molecule has 0 radical (unpaired) electrons. The van der Waals surface area contributed by atoms with E-state index in [9.17, 15) is 4.79 Å². The molecule has 0 saturated heterocycles. The molecule has 0 aromatic heterocycles. The molecule has 1 saturated carbocycles. The van der Waals surface area contributed by atoms with E-state index in [4.69, 9.17) is 4.74 Å². The highest BCUT2D eigenvalue weighted by atomic mass is 16.5. The summed E-state index contributed by atoms with van der Waals surface area (Å²) in [4.78, 5) is 11.4. The molecule has 2 heteroatoms. The highest BCUT2D eigenvalue weighted by Crippen LogP contribution is 2.38. The number of unbranched alkanes of at least 4 members (excludes halogenated alkanes) is 5. The fourth-order valence-electron chi connectivity index (χ4n) is 4.86. The second kappa shape index (κ2) is 12.7. The van der Waals surface area contributed by atoms with Gasteiger partial charge < -0.3 is 4.74 Å². The van der Waals surface area contributed by atoms with Crippen LogP contribution < -0.4 is 4.74 Å². The Morgan fingerprint density at radius 3 is 1.97 bits per heavy atom. The molecule has 0 bridgehead atoms. The van der Waals surface area contributed by atoms with Crippen LogP contribution in [0.5, 0.6) is 5.75 Å². The zero-order valence-electron chi connectivity index (χ0n) is 19.6. The molecule has 168 valence electrons. The van der Waals surface area contributed by atoms with Gasteiger partial charge in [0.05, 0.1) is 0 Å². The molecule has 1 aliphatic carbocycles. The van der Waals surface area contributed by atoms with E-state index in [1.54, 1.807) is 6.92 Å². The van der Waals surface area contributed by atoms with E-state index in [1.807, 2.05) is 24.3 Å². The number of rotatable bonds is 11. The quantitative estimate of drug-likeness (QED) is 0.206. The van der Waals surface area contributed by atoms with Crippen LogP contribution in [-0.4, -0.2) is 5.97 Å². The third-order valence-electron chi connectivity index (χ3n) is 6.90. The molecular formula is C29H40O2. The molecule has 0 atom stereocenters. The fraction of sp³-hybridized carbons (Fsp3) is 0.552. The lowest BCUT2D eigenvalue weighted by atomic mass is 9.77. The van der Waals surface area contributed by atoms with Gasteiger partial charge in [0.15, 0.2) is 0 Å². The Bertz CT molecular complexity index is 767. The summed E-state index contributed by atoms with van der Waals surface area (Å²) >= 11 is 0. The van der Waals surface area contributed by atoms with Crippen molar-refractivity contribution in [2.75, 3.05) is 0 Å². The van der Waals surface area contributed by atoms with Crippen LogP contribution in [0.4, 0.5) is 0 Å². The summed E-state index contributed by atoms with van der Waals surface area (Å²) in [6.07, 6.45) is 15.8. The third-order valence-corrected chi connectivity index (χ3v) is 6.90. The molecule has 0 heterocycles. The van der Waals surface area contributed by atoms with Crippen molar-refractivity contribution in [2.24, 2.45) is 5.92 Å². The van der Waals surface area contributed by atoms with Gasteiger partial charge in [-0.1, -0.05) is 95.2 Å². The number of esters is 1. The van der Waals surface area contributed by atoms with Gasteiger partial charge in [0.1, 0.15) is 5.75 Å². The minimum atomic E-state index is -0.196. The van der Waals surface area contributed by atoms with E-state index in [2.05, 4.69) is 31.2 Å². The van der Waals surface area contributed by atoms with Gasteiger partial charge in [0.2, 0.25) is 0 Å². The van der Waals surface area contributed by atoms with E-state index in [0.717, 1.165) is 17.4 Å². The van der Waals surface area contributed by atoms with Crippen molar-refractivity contribution in [2.45, 2.75) is 96.8 Å². The maximum absolute atomic E-state index is 11.4. The Morgan fingerprint density at radius 2 is 1.35 bits per heavy atom. The minimum absolute atomic E-state index is 0.196. The smallest absolute Gasteiger partial charge is 0.310 e. The highest BCUT2D eigenvalue weighted by Gasteiger charge is 2.22. The highest BCUT2D eigenvalue weighted by molar-refractivity contribution is 5.72. The normalized spacial score (nSPS) is 18.6. The minimum Gasteiger partial charge on any atom is -0.427 e. The fourth-order valence-corrected chi connectivity index (χ4v) is 4.86. The van der Waals surface area contributed by atoms with Gasteiger partial charge in [0, 0.05) is 6.42 Å². The summed E-state index contributed by atoms with van der Waals surface area (Å²) in [6, 6.07) is 16.9. The molecule has 0 unspecified atom stereocenters. The Labute approximate surface area is 189 Å². The van der Waals surface area contributed by atoms with Crippen molar-refractivity contribution in [3.8, 4) is 16.9 Å². The molecule has 1 aliphatic rings. The number of carbonyl (C=O) groups is 1. The van der Waals surface area contributed by atoms with Gasteiger partial charge in [-0.05, 0) is 66.3 Å². The molecule has 2 aromatic rings. The first-order chi connectivity index (χ1) is 15.2. The molecule has 2 aromatic carbocycles. The summed E-state index contributed by atoms with van der Waals surface area (Å²) in [5, 5.41) is 0. The Balaban J connectivity index is 1.44. The van der Waals surface area contributed by atoms with Crippen molar-refractivity contribution < 1.29 is 9.53 Å². The first-order valence-electron chi connectivity index (χ1n) is 12.6. The number of ether oxygens (including phenoxy) is 1. The van der Waals surface area contributed by atoms with Crippen LogP contribution in [0.3, 0.4) is 0 Å². The zero-order chi connectivity index (χ0) is 21.9. The lowest BCUT2D eigenvalue weighted by molar-refractivity contribution is -0.134. The molecule has 0 spiro atoms. The Hall–Kier alpha value is -2.09. The van der Waals surface area contributed by atoms with Crippen molar-refractivity contribution in [3.05, 3.63) is 54.1 Å². The first-order valence-corrected chi connectivity index (χ1v) is 12.6. The number of hydrogen-bond acceptors (Lipinski definition) is 2. The molecule has 0 amide bonds. The average Bonchev–Trinajstić information content (AvgIpc) is 2.82. The third kappa shape index (κ3) is 7.52. The molecule has 2 nitrogen and oxygen atoms in total. The van der Waals surface area contributed by atoms with Crippen molar-refractivity contribution in [3.63, 3.8) is 0 Å². The van der Waals surface area contributed by atoms with Crippen LogP contribution in [0, 0.1) is 5.92 Å². The lowest BCUT2D eigenvalue weighted by Gasteiger charge is -2.29. The first kappa shape index (κ1) is 23.6. The van der Waals surface area contributed by atoms with Gasteiger partial charge in [0.25, 0.3) is 0 Å². The van der Waals surface area contributed by atoms with Gasteiger partial charge in [-0.2, -0.15) is 0 Å². The van der Waals surface area contributed by atoms with Crippen LogP contribution in [0.15, 0.2) is 48.5 Å². The van der Waals surface area contributed by atoms with Crippen molar-refractivity contribution in [1.82, 2.24) is 0 Å². The topological polar surface area (TPSA) is 26.3 Å². The number of benzene rings is 2. The lowest BCUT2D eigenvalue weighted by Crippen LogP contribution is -2.13. The van der Waals surface area contributed by atoms with E-state index >= 15 is 0 Å². The Morgan fingerprint density at radius 1 is 0.774 bits per heavy atom. The van der Waals surface area contributed by atoms with Crippen LogP contribution in [0.2, 0.25) is 0 Å². The predicted octanol–water partition coefficient (Wildman–Crippen LogP) is 8.69. The van der Waals surface area contributed by atoms with Gasteiger partial charge >= 0.3 is 5.97 Å². The summed E-state index contributed by atoms with van der Waals surface area (Å²) in [6.45, 7) is 4.09. The Kier molecular flexibility index (Phi) is 9.65. The van der Waals surface area contributed by atoms with Gasteiger partial charge in [-0.25, -0.2) is 0 Å². The van der Waals surface area contributed by atoms with Gasteiger partial charge in [-0.3, -0.25) is 4.79 Å². The summed E-state index contributed by atoms with van der Waals surface area (Å²) in [5.41, 5.74) is 3.87. The average molecular weight is 421 g/mol. The summed E-state index contributed by atoms with van der Waals surface area (Å²) in [7, 11) is 0. The van der Waals surface area contributed by atoms with Gasteiger partial charge in [-0.15, -0.1) is 0 Å². The zero-order valence-corrected chi connectivity index (χ0v) is 19.6. The SMILES string of the molecule is CCCCCCCCC1CCC(c2ccc(-c3ccc(OC(=O)CC)cc3)cc2)CC1. The molecule has 1 fully saturated rings. The summed E-state index contributed by atoms with van der Waals surface area (Å²) < 4.78 is 5.27. The maximum atomic E-state index is 11.4. The van der Waals surface area contributed by atoms with E-state index in [1.165, 1.54) is 81.8 Å².